The molecular formula is C11H9O. The van der Waals surface area contributed by atoms with Crippen LogP contribution in [0.5, 0.6) is 0 Å². The molecule has 0 aliphatic heterocycles. The number of hydrogen-bond acceptors (Lipinski definition) is 1. The molecule has 1 aromatic heterocycles. The topological polar surface area (TPSA) is 13.1 Å². The van der Waals surface area contributed by atoms with Crippen molar-refractivity contribution in [3.05, 3.63) is 55.3 Å². The Morgan fingerprint density at radius 2 is 1.75 bits per heavy atom. The molecular weight excluding hydrogens is 148 g/mol. The third-order valence-corrected chi connectivity index (χ3v) is 1.83. The van der Waals surface area contributed by atoms with Crippen molar-refractivity contribution in [2.45, 2.75) is 0 Å². The average molecular weight is 157 g/mol. The standard InChI is InChI=1S/C11H9O/c1-9-11(7-8-12-9)10-5-3-2-4-6-10/h2-8H,1H2. The molecule has 0 amide bonds. The molecule has 0 saturated heterocycles. The molecule has 0 bridgehead atoms. The molecule has 0 fully saturated rings. The van der Waals surface area contributed by atoms with Gasteiger partial charge in [-0.2, -0.15) is 0 Å². The first-order chi connectivity index (χ1) is 5.88. The summed E-state index contributed by atoms with van der Waals surface area (Å²) in [6.45, 7) is 3.79. The third-order valence-electron chi connectivity index (χ3n) is 1.83. The number of hydrogen-bond donors (Lipinski definition) is 0. The van der Waals surface area contributed by atoms with Crippen LogP contribution in [0.4, 0.5) is 0 Å². The summed E-state index contributed by atoms with van der Waals surface area (Å²) in [6, 6.07) is 12.0. The van der Waals surface area contributed by atoms with Gasteiger partial charge in [-0.25, -0.2) is 0 Å². The van der Waals surface area contributed by atoms with E-state index in [1.54, 1.807) is 6.26 Å². The third kappa shape index (κ3) is 1.14. The lowest BCUT2D eigenvalue weighted by molar-refractivity contribution is 0.550. The lowest BCUT2D eigenvalue weighted by Crippen LogP contribution is -1.74. The summed E-state index contributed by atoms with van der Waals surface area (Å²) in [6.07, 6.45) is 1.66. The van der Waals surface area contributed by atoms with E-state index >= 15 is 0 Å². The predicted octanol–water partition coefficient (Wildman–Crippen LogP) is 3.13. The Balaban J connectivity index is 2.51. The smallest absolute Gasteiger partial charge is 0.112 e. The van der Waals surface area contributed by atoms with Crippen LogP contribution in [0.2, 0.25) is 0 Å². The molecule has 0 saturated carbocycles. The van der Waals surface area contributed by atoms with E-state index in [-0.39, 0.29) is 0 Å². The SMILES string of the molecule is [CH2]c1occc1-c1ccccc1. The van der Waals surface area contributed by atoms with Gasteiger partial charge < -0.3 is 4.42 Å². The van der Waals surface area contributed by atoms with Gasteiger partial charge in [-0.3, -0.25) is 0 Å². The summed E-state index contributed by atoms with van der Waals surface area (Å²) in [5.74, 6) is 0.723. The molecule has 1 heterocycles. The lowest BCUT2D eigenvalue weighted by atomic mass is 10.1. The summed E-state index contributed by atoms with van der Waals surface area (Å²) >= 11 is 0. The highest BCUT2D eigenvalue weighted by molar-refractivity contribution is 5.65. The molecule has 2 aromatic rings. The van der Waals surface area contributed by atoms with Gasteiger partial charge in [0.15, 0.2) is 0 Å². The monoisotopic (exact) mass is 157 g/mol. The first-order valence-corrected chi connectivity index (χ1v) is 3.83. The van der Waals surface area contributed by atoms with Crippen molar-refractivity contribution in [1.82, 2.24) is 0 Å². The summed E-state index contributed by atoms with van der Waals surface area (Å²) in [5, 5.41) is 0. The number of furan rings is 1. The number of benzene rings is 1. The van der Waals surface area contributed by atoms with Gasteiger partial charge >= 0.3 is 0 Å². The average Bonchev–Trinajstić information content (AvgIpc) is 2.53. The molecule has 0 aliphatic rings. The highest BCUT2D eigenvalue weighted by Crippen LogP contribution is 2.23. The van der Waals surface area contributed by atoms with E-state index in [1.165, 1.54) is 0 Å². The lowest BCUT2D eigenvalue weighted by Gasteiger charge is -1.96. The minimum atomic E-state index is 0.723. The Bertz CT molecular complexity index is 360. The fourth-order valence-electron chi connectivity index (χ4n) is 1.22. The molecule has 0 spiro atoms. The van der Waals surface area contributed by atoms with Gasteiger partial charge in [0.1, 0.15) is 5.76 Å². The van der Waals surface area contributed by atoms with Crippen LogP contribution in [0.1, 0.15) is 5.76 Å². The van der Waals surface area contributed by atoms with Crippen LogP contribution in [0, 0.1) is 6.92 Å². The zero-order chi connectivity index (χ0) is 8.39. The molecule has 59 valence electrons. The molecule has 0 aliphatic carbocycles. The van der Waals surface area contributed by atoms with Crippen LogP contribution < -0.4 is 0 Å². The van der Waals surface area contributed by atoms with E-state index < -0.39 is 0 Å². The van der Waals surface area contributed by atoms with Gasteiger partial charge in [0, 0.05) is 12.5 Å². The normalized spacial score (nSPS) is 10.1. The largest absolute Gasteiger partial charge is 0.469 e. The molecule has 0 unspecified atom stereocenters. The minimum absolute atomic E-state index is 0.723. The second-order valence-corrected chi connectivity index (χ2v) is 2.62. The highest BCUT2D eigenvalue weighted by Gasteiger charge is 2.01. The predicted molar refractivity (Wildman–Crippen MR) is 48.6 cm³/mol. The van der Waals surface area contributed by atoms with Crippen LogP contribution in [-0.2, 0) is 0 Å². The molecule has 0 N–H and O–H groups in total. The van der Waals surface area contributed by atoms with E-state index in [9.17, 15) is 0 Å². The van der Waals surface area contributed by atoms with E-state index in [0.29, 0.717) is 0 Å². The molecule has 2 rings (SSSR count). The Kier molecular flexibility index (Phi) is 1.71. The Labute approximate surface area is 71.6 Å². The molecule has 1 nitrogen and oxygen atoms in total. The number of rotatable bonds is 1. The zero-order valence-electron chi connectivity index (χ0n) is 6.66. The molecule has 1 aromatic carbocycles. The fourth-order valence-corrected chi connectivity index (χ4v) is 1.22. The summed E-state index contributed by atoms with van der Waals surface area (Å²) in [7, 11) is 0. The summed E-state index contributed by atoms with van der Waals surface area (Å²) in [4.78, 5) is 0. The van der Waals surface area contributed by atoms with Gasteiger partial charge in [0.05, 0.1) is 6.26 Å². The quantitative estimate of drug-likeness (QED) is 0.619. The van der Waals surface area contributed by atoms with Crippen LogP contribution in [0.25, 0.3) is 11.1 Å². The zero-order valence-corrected chi connectivity index (χ0v) is 6.66. The van der Waals surface area contributed by atoms with Crippen molar-refractivity contribution in [2.75, 3.05) is 0 Å². The molecule has 1 heteroatoms. The summed E-state index contributed by atoms with van der Waals surface area (Å²) in [5.41, 5.74) is 2.21. The van der Waals surface area contributed by atoms with Crippen molar-refractivity contribution in [3.8, 4) is 11.1 Å². The fraction of sp³-hybridized carbons (Fsp3) is 0. The van der Waals surface area contributed by atoms with Crippen molar-refractivity contribution in [2.24, 2.45) is 0 Å². The second-order valence-electron chi connectivity index (χ2n) is 2.62. The Morgan fingerprint density at radius 1 is 1.00 bits per heavy atom. The maximum Gasteiger partial charge on any atom is 0.112 e. The van der Waals surface area contributed by atoms with Crippen LogP contribution in [-0.4, -0.2) is 0 Å². The van der Waals surface area contributed by atoms with Crippen LogP contribution >= 0.6 is 0 Å². The highest BCUT2D eigenvalue weighted by atomic mass is 16.3. The van der Waals surface area contributed by atoms with E-state index in [2.05, 4.69) is 6.92 Å². The first-order valence-electron chi connectivity index (χ1n) is 3.83. The van der Waals surface area contributed by atoms with Crippen LogP contribution in [0.15, 0.2) is 47.1 Å². The maximum atomic E-state index is 5.11. The first kappa shape index (κ1) is 7.17. The van der Waals surface area contributed by atoms with E-state index in [4.69, 9.17) is 4.42 Å². The van der Waals surface area contributed by atoms with Crippen molar-refractivity contribution in [3.63, 3.8) is 0 Å². The summed E-state index contributed by atoms with van der Waals surface area (Å²) < 4.78 is 5.11. The Morgan fingerprint density at radius 3 is 2.33 bits per heavy atom. The Hall–Kier alpha value is -1.50. The van der Waals surface area contributed by atoms with Crippen molar-refractivity contribution >= 4 is 0 Å². The van der Waals surface area contributed by atoms with E-state index in [0.717, 1.165) is 16.9 Å². The van der Waals surface area contributed by atoms with Gasteiger partial charge in [0.25, 0.3) is 0 Å². The molecule has 12 heavy (non-hydrogen) atoms. The van der Waals surface area contributed by atoms with Crippen LogP contribution in [0.3, 0.4) is 0 Å². The molecule has 0 atom stereocenters. The van der Waals surface area contributed by atoms with Gasteiger partial charge in [-0.05, 0) is 11.6 Å². The van der Waals surface area contributed by atoms with Gasteiger partial charge in [-0.1, -0.05) is 30.3 Å². The molecule has 1 radical (unpaired) electrons. The van der Waals surface area contributed by atoms with E-state index in [1.807, 2.05) is 36.4 Å². The van der Waals surface area contributed by atoms with Gasteiger partial charge in [0.2, 0.25) is 0 Å². The van der Waals surface area contributed by atoms with Crippen molar-refractivity contribution < 1.29 is 4.42 Å². The van der Waals surface area contributed by atoms with Crippen molar-refractivity contribution in [1.29, 1.82) is 0 Å². The van der Waals surface area contributed by atoms with Gasteiger partial charge in [-0.15, -0.1) is 0 Å². The maximum absolute atomic E-state index is 5.11. The minimum Gasteiger partial charge on any atom is -0.469 e. The second kappa shape index (κ2) is 2.86.